The number of hydrogen-bond donors (Lipinski definition) is 2. The first-order valence-electron chi connectivity index (χ1n) is 6.11. The maximum atomic E-state index is 12.0. The third-order valence-corrected chi connectivity index (χ3v) is 3.70. The van der Waals surface area contributed by atoms with Crippen LogP contribution < -0.4 is 11.3 Å². The van der Waals surface area contributed by atoms with Crippen molar-refractivity contribution in [2.75, 3.05) is 5.73 Å². The van der Waals surface area contributed by atoms with Crippen LogP contribution in [0.25, 0.3) is 0 Å². The highest BCUT2D eigenvalue weighted by Gasteiger charge is 2.13. The zero-order valence-electron chi connectivity index (χ0n) is 10.9. The highest BCUT2D eigenvalue weighted by atomic mass is 79.9. The minimum Gasteiger partial charge on any atom is -0.383 e. The first-order valence-corrected chi connectivity index (χ1v) is 6.90. The quantitative estimate of drug-likeness (QED) is 0.913. The monoisotopic (exact) mass is 321 g/mol. The van der Waals surface area contributed by atoms with Gasteiger partial charge in [-0.25, -0.2) is 4.98 Å². The van der Waals surface area contributed by atoms with Crippen LogP contribution in [-0.4, -0.2) is 9.97 Å². The molecule has 2 rings (SSSR count). The fourth-order valence-electron chi connectivity index (χ4n) is 2.01. The van der Waals surface area contributed by atoms with Crippen LogP contribution in [0.15, 0.2) is 33.5 Å². The van der Waals surface area contributed by atoms with Gasteiger partial charge in [-0.05, 0) is 17.5 Å². The van der Waals surface area contributed by atoms with Gasteiger partial charge < -0.3 is 10.7 Å². The molecule has 0 saturated carbocycles. The van der Waals surface area contributed by atoms with Crippen LogP contribution >= 0.6 is 15.9 Å². The molecule has 100 valence electrons. The molecule has 4 nitrogen and oxygen atoms in total. The molecule has 0 aliphatic rings. The molecule has 0 spiro atoms. The highest BCUT2D eigenvalue weighted by Crippen LogP contribution is 2.19. The van der Waals surface area contributed by atoms with Crippen molar-refractivity contribution in [1.29, 1.82) is 0 Å². The molecule has 19 heavy (non-hydrogen) atoms. The maximum absolute atomic E-state index is 12.0. The van der Waals surface area contributed by atoms with Crippen LogP contribution in [0.3, 0.4) is 0 Å². The molecule has 1 aromatic heterocycles. The fourth-order valence-corrected chi connectivity index (χ4v) is 2.44. The lowest BCUT2D eigenvalue weighted by molar-refractivity contribution is 0.817. The van der Waals surface area contributed by atoms with E-state index in [4.69, 9.17) is 5.73 Å². The van der Waals surface area contributed by atoms with Crippen molar-refractivity contribution in [2.45, 2.75) is 26.2 Å². The van der Waals surface area contributed by atoms with Crippen molar-refractivity contribution in [3.8, 4) is 0 Å². The molecule has 0 radical (unpaired) electrons. The number of nitrogens with one attached hydrogen (secondary N) is 1. The van der Waals surface area contributed by atoms with E-state index in [0.29, 0.717) is 23.6 Å². The van der Waals surface area contributed by atoms with Gasteiger partial charge in [0.25, 0.3) is 5.56 Å². The van der Waals surface area contributed by atoms with E-state index < -0.39 is 0 Å². The van der Waals surface area contributed by atoms with E-state index in [1.54, 1.807) is 0 Å². The molecule has 3 N–H and O–H groups in total. The summed E-state index contributed by atoms with van der Waals surface area (Å²) in [6.45, 7) is 3.85. The fraction of sp³-hybridized carbons (Fsp3) is 0.286. The summed E-state index contributed by atoms with van der Waals surface area (Å²) in [5, 5.41) is 0. The lowest BCUT2D eigenvalue weighted by Gasteiger charge is -2.10. The van der Waals surface area contributed by atoms with Gasteiger partial charge in [0.15, 0.2) is 0 Å². The maximum Gasteiger partial charge on any atom is 0.256 e. The average molecular weight is 322 g/mol. The number of rotatable bonds is 3. The Morgan fingerprint density at radius 3 is 2.63 bits per heavy atom. The molecular weight excluding hydrogens is 306 g/mol. The second-order valence-electron chi connectivity index (χ2n) is 4.73. The molecule has 0 amide bonds. The number of benzene rings is 1. The minimum absolute atomic E-state index is 0.0637. The van der Waals surface area contributed by atoms with Crippen molar-refractivity contribution >= 4 is 21.7 Å². The Kier molecular flexibility index (Phi) is 4.04. The van der Waals surface area contributed by atoms with Gasteiger partial charge in [0, 0.05) is 10.9 Å². The first-order chi connectivity index (χ1) is 8.99. The molecule has 0 aliphatic carbocycles. The summed E-state index contributed by atoms with van der Waals surface area (Å²) in [6.07, 6.45) is 0.541. The molecule has 0 saturated heterocycles. The SMILES string of the molecule is CC(C)c1c(N)nc(Cc2ccccc2Br)[nH]c1=O. The van der Waals surface area contributed by atoms with Crippen molar-refractivity contribution in [3.05, 3.63) is 56.0 Å². The van der Waals surface area contributed by atoms with Gasteiger partial charge >= 0.3 is 0 Å². The van der Waals surface area contributed by atoms with Gasteiger partial charge in [-0.2, -0.15) is 0 Å². The Morgan fingerprint density at radius 1 is 1.37 bits per heavy atom. The van der Waals surface area contributed by atoms with Crippen LogP contribution in [-0.2, 0) is 6.42 Å². The van der Waals surface area contributed by atoms with Crippen LogP contribution in [0.1, 0.15) is 36.7 Å². The number of halogens is 1. The topological polar surface area (TPSA) is 71.8 Å². The van der Waals surface area contributed by atoms with E-state index in [1.165, 1.54) is 0 Å². The molecule has 0 aliphatic heterocycles. The predicted molar refractivity (Wildman–Crippen MR) is 80.3 cm³/mol. The second-order valence-corrected chi connectivity index (χ2v) is 5.59. The smallest absolute Gasteiger partial charge is 0.256 e. The van der Waals surface area contributed by atoms with Gasteiger partial charge in [0.2, 0.25) is 0 Å². The highest BCUT2D eigenvalue weighted by molar-refractivity contribution is 9.10. The Labute approximate surface area is 120 Å². The van der Waals surface area contributed by atoms with E-state index in [0.717, 1.165) is 10.0 Å². The number of aromatic amines is 1. The standard InChI is InChI=1S/C14H16BrN3O/c1-8(2)12-13(16)17-11(18-14(12)19)7-9-5-3-4-6-10(9)15/h3-6,8H,7H2,1-2H3,(H3,16,17,18,19). The van der Waals surface area contributed by atoms with Gasteiger partial charge in [-0.1, -0.05) is 48.0 Å². The predicted octanol–water partition coefficient (Wildman–Crippen LogP) is 2.83. The van der Waals surface area contributed by atoms with Crippen molar-refractivity contribution < 1.29 is 0 Å². The second kappa shape index (κ2) is 5.57. The number of nitrogen functional groups attached to an aromatic ring is 1. The summed E-state index contributed by atoms with van der Waals surface area (Å²) in [5.74, 6) is 0.966. The number of H-pyrrole nitrogens is 1. The van der Waals surface area contributed by atoms with Crippen LogP contribution in [0.5, 0.6) is 0 Å². The molecule has 0 bridgehead atoms. The molecule has 1 aromatic carbocycles. The van der Waals surface area contributed by atoms with E-state index in [1.807, 2.05) is 38.1 Å². The van der Waals surface area contributed by atoms with E-state index >= 15 is 0 Å². The van der Waals surface area contributed by atoms with E-state index in [2.05, 4.69) is 25.9 Å². The normalized spacial score (nSPS) is 10.9. The summed E-state index contributed by atoms with van der Waals surface area (Å²) in [5.41, 5.74) is 7.33. The third kappa shape index (κ3) is 3.04. The summed E-state index contributed by atoms with van der Waals surface area (Å²) >= 11 is 3.48. The number of nitrogens with two attached hydrogens (primary N) is 1. The summed E-state index contributed by atoms with van der Waals surface area (Å²) in [6, 6.07) is 7.83. The summed E-state index contributed by atoms with van der Waals surface area (Å²) < 4.78 is 0.990. The third-order valence-electron chi connectivity index (χ3n) is 2.93. The summed E-state index contributed by atoms with van der Waals surface area (Å²) in [7, 11) is 0. The van der Waals surface area contributed by atoms with Gasteiger partial charge in [0.05, 0.1) is 5.56 Å². The van der Waals surface area contributed by atoms with Gasteiger partial charge in [-0.3, -0.25) is 4.79 Å². The molecule has 2 aromatic rings. The van der Waals surface area contributed by atoms with Crippen molar-refractivity contribution in [1.82, 2.24) is 9.97 Å². The largest absolute Gasteiger partial charge is 0.383 e. The lowest BCUT2D eigenvalue weighted by atomic mass is 10.1. The van der Waals surface area contributed by atoms with Crippen LogP contribution in [0.2, 0.25) is 0 Å². The molecule has 0 atom stereocenters. The van der Waals surface area contributed by atoms with E-state index in [9.17, 15) is 4.79 Å². The van der Waals surface area contributed by atoms with E-state index in [-0.39, 0.29) is 11.5 Å². The van der Waals surface area contributed by atoms with Gasteiger partial charge in [-0.15, -0.1) is 0 Å². The molecule has 1 heterocycles. The number of hydrogen-bond acceptors (Lipinski definition) is 3. The molecule has 0 fully saturated rings. The van der Waals surface area contributed by atoms with Gasteiger partial charge in [0.1, 0.15) is 11.6 Å². The van der Waals surface area contributed by atoms with Crippen molar-refractivity contribution in [2.24, 2.45) is 0 Å². The molecular formula is C14H16BrN3O. The molecule has 0 unspecified atom stereocenters. The lowest BCUT2D eigenvalue weighted by Crippen LogP contribution is -2.21. The Hall–Kier alpha value is -1.62. The van der Waals surface area contributed by atoms with Crippen LogP contribution in [0, 0.1) is 0 Å². The average Bonchev–Trinajstić information content (AvgIpc) is 2.30. The number of anilines is 1. The number of nitrogens with zero attached hydrogens (tertiary/aromatic N) is 1. The van der Waals surface area contributed by atoms with Crippen LogP contribution in [0.4, 0.5) is 5.82 Å². The Balaban J connectivity index is 2.38. The Bertz CT molecular complexity index is 649. The number of aromatic nitrogens is 2. The summed E-state index contributed by atoms with van der Waals surface area (Å²) in [4.78, 5) is 19.1. The zero-order valence-corrected chi connectivity index (χ0v) is 12.5. The zero-order chi connectivity index (χ0) is 14.0. The minimum atomic E-state index is -0.149. The first kappa shape index (κ1) is 13.8. The van der Waals surface area contributed by atoms with Crippen molar-refractivity contribution in [3.63, 3.8) is 0 Å². The Morgan fingerprint density at radius 2 is 2.05 bits per heavy atom. The molecule has 5 heteroatoms.